The van der Waals surface area contributed by atoms with E-state index in [-0.39, 0.29) is 18.4 Å². The van der Waals surface area contributed by atoms with Crippen LogP contribution in [0.4, 0.5) is 4.79 Å². The van der Waals surface area contributed by atoms with E-state index >= 15 is 0 Å². The number of halogens is 1. The van der Waals surface area contributed by atoms with E-state index in [9.17, 15) is 4.79 Å². The number of rotatable bonds is 5. The van der Waals surface area contributed by atoms with Crippen LogP contribution in [0.2, 0.25) is 0 Å². The maximum atomic E-state index is 10.7. The molecule has 2 atom stereocenters. The van der Waals surface area contributed by atoms with Gasteiger partial charge < -0.3 is 15.7 Å². The second-order valence-electron chi connectivity index (χ2n) is 6.91. The van der Waals surface area contributed by atoms with Crippen molar-refractivity contribution in [1.29, 1.82) is 0 Å². The fourth-order valence-corrected chi connectivity index (χ4v) is 3.68. The minimum absolute atomic E-state index is 0. The maximum absolute atomic E-state index is 10.7. The SMILES string of the molecule is C/C(=C\c1ccccc1)[C@@H]1C[C@H]1N[C@H]1CC[C@H](NC(=O)O)CC1.Cl. The van der Waals surface area contributed by atoms with Crippen molar-refractivity contribution in [1.82, 2.24) is 10.6 Å². The molecule has 0 saturated heterocycles. The second kappa shape index (κ2) is 8.54. The van der Waals surface area contributed by atoms with Crippen molar-refractivity contribution in [2.24, 2.45) is 5.92 Å². The smallest absolute Gasteiger partial charge is 0.404 e. The molecule has 2 fully saturated rings. The zero-order valence-corrected chi connectivity index (χ0v) is 14.9. The van der Waals surface area contributed by atoms with Crippen LogP contribution in [0.1, 0.15) is 44.6 Å². The van der Waals surface area contributed by atoms with E-state index in [1.165, 1.54) is 17.6 Å². The van der Waals surface area contributed by atoms with Crippen molar-refractivity contribution >= 4 is 24.6 Å². The Bertz CT molecular complexity index is 568. The van der Waals surface area contributed by atoms with Crippen molar-refractivity contribution in [3.05, 3.63) is 41.5 Å². The molecule has 0 spiro atoms. The van der Waals surface area contributed by atoms with Crippen molar-refractivity contribution in [2.75, 3.05) is 0 Å². The van der Waals surface area contributed by atoms with Gasteiger partial charge in [0.25, 0.3) is 0 Å². The van der Waals surface area contributed by atoms with Crippen LogP contribution < -0.4 is 10.6 Å². The summed E-state index contributed by atoms with van der Waals surface area (Å²) in [6.07, 6.45) is 6.64. The molecule has 5 heteroatoms. The summed E-state index contributed by atoms with van der Waals surface area (Å²) in [5.74, 6) is 0.657. The molecule has 3 rings (SSSR count). The van der Waals surface area contributed by atoms with Crippen LogP contribution in [0.25, 0.3) is 6.08 Å². The van der Waals surface area contributed by atoms with Crippen LogP contribution in [-0.4, -0.2) is 29.3 Å². The van der Waals surface area contributed by atoms with E-state index in [4.69, 9.17) is 5.11 Å². The number of nitrogens with one attached hydrogen (secondary N) is 2. The lowest BCUT2D eigenvalue weighted by Gasteiger charge is -2.29. The lowest BCUT2D eigenvalue weighted by atomic mass is 9.91. The fourth-order valence-electron chi connectivity index (χ4n) is 3.68. The van der Waals surface area contributed by atoms with Gasteiger partial charge in [0, 0.05) is 18.1 Å². The maximum Gasteiger partial charge on any atom is 0.404 e. The number of hydrogen-bond acceptors (Lipinski definition) is 2. The number of amides is 1. The van der Waals surface area contributed by atoms with Crippen LogP contribution in [0.5, 0.6) is 0 Å². The Balaban J connectivity index is 0.00000208. The van der Waals surface area contributed by atoms with Crippen molar-refractivity contribution in [3.63, 3.8) is 0 Å². The van der Waals surface area contributed by atoms with Crippen molar-refractivity contribution < 1.29 is 9.90 Å². The summed E-state index contributed by atoms with van der Waals surface area (Å²) in [5.41, 5.74) is 2.73. The second-order valence-corrected chi connectivity index (χ2v) is 6.91. The van der Waals surface area contributed by atoms with Crippen LogP contribution in [0, 0.1) is 5.92 Å². The summed E-state index contributed by atoms with van der Waals surface area (Å²) in [6, 6.07) is 11.8. The van der Waals surface area contributed by atoms with E-state index < -0.39 is 6.09 Å². The summed E-state index contributed by atoms with van der Waals surface area (Å²) in [4.78, 5) is 10.7. The number of carbonyl (C=O) groups is 1. The quantitative estimate of drug-likeness (QED) is 0.750. The number of hydrogen-bond donors (Lipinski definition) is 3. The molecule has 2 aliphatic rings. The summed E-state index contributed by atoms with van der Waals surface area (Å²) >= 11 is 0. The topological polar surface area (TPSA) is 61.4 Å². The van der Waals surface area contributed by atoms with Gasteiger partial charge >= 0.3 is 6.09 Å². The summed E-state index contributed by atoms with van der Waals surface area (Å²) in [7, 11) is 0. The molecule has 132 valence electrons. The van der Waals surface area contributed by atoms with Crippen LogP contribution >= 0.6 is 12.4 Å². The molecule has 0 aliphatic heterocycles. The molecular weight excluding hydrogens is 324 g/mol. The standard InChI is InChI=1S/C19H26N2O2.ClH/c1-13(11-14-5-3-2-4-6-14)17-12-18(17)20-15-7-9-16(10-8-15)21-19(22)23;/h2-6,11,15-18,20-21H,7-10,12H2,1H3,(H,22,23);1H/b13-11+;/t15-,16-,17-,18+;/m0./s1. The highest BCUT2D eigenvalue weighted by Crippen LogP contribution is 2.39. The van der Waals surface area contributed by atoms with Gasteiger partial charge in [0.1, 0.15) is 0 Å². The summed E-state index contributed by atoms with van der Waals surface area (Å²) in [5, 5.41) is 15.1. The highest BCUT2D eigenvalue weighted by atomic mass is 35.5. The molecule has 1 amide bonds. The Morgan fingerprint density at radius 3 is 2.38 bits per heavy atom. The molecule has 0 unspecified atom stereocenters. The minimum atomic E-state index is -0.898. The average Bonchev–Trinajstić information content (AvgIpc) is 3.29. The van der Waals surface area contributed by atoms with E-state index in [1.807, 2.05) is 6.07 Å². The predicted octanol–water partition coefficient (Wildman–Crippen LogP) is 4.07. The van der Waals surface area contributed by atoms with Crippen LogP contribution in [0.15, 0.2) is 35.9 Å². The Labute approximate surface area is 150 Å². The van der Waals surface area contributed by atoms with E-state index in [0.717, 1.165) is 25.7 Å². The summed E-state index contributed by atoms with van der Waals surface area (Å²) in [6.45, 7) is 2.23. The van der Waals surface area contributed by atoms with Crippen molar-refractivity contribution in [3.8, 4) is 0 Å². The molecule has 24 heavy (non-hydrogen) atoms. The van der Waals surface area contributed by atoms with Gasteiger partial charge in [0.05, 0.1) is 0 Å². The highest BCUT2D eigenvalue weighted by Gasteiger charge is 2.39. The first kappa shape index (κ1) is 18.8. The van der Waals surface area contributed by atoms with E-state index in [2.05, 4.69) is 47.9 Å². The molecule has 2 aliphatic carbocycles. The Morgan fingerprint density at radius 2 is 1.75 bits per heavy atom. The van der Waals surface area contributed by atoms with Gasteiger partial charge in [-0.15, -0.1) is 12.4 Å². The third-order valence-corrected chi connectivity index (χ3v) is 5.07. The van der Waals surface area contributed by atoms with Crippen molar-refractivity contribution in [2.45, 2.75) is 57.2 Å². The van der Waals surface area contributed by atoms with Gasteiger partial charge in [0.2, 0.25) is 0 Å². The zero-order valence-electron chi connectivity index (χ0n) is 14.1. The number of benzene rings is 1. The summed E-state index contributed by atoms with van der Waals surface area (Å²) < 4.78 is 0. The van der Waals surface area contributed by atoms with Crippen LogP contribution in [0.3, 0.4) is 0 Å². The van der Waals surface area contributed by atoms with E-state index in [0.29, 0.717) is 18.0 Å². The van der Waals surface area contributed by atoms with Gasteiger partial charge in [-0.2, -0.15) is 0 Å². The molecule has 1 aromatic rings. The van der Waals surface area contributed by atoms with Gasteiger partial charge in [-0.25, -0.2) is 4.79 Å². The van der Waals surface area contributed by atoms with Gasteiger partial charge in [-0.3, -0.25) is 0 Å². The van der Waals surface area contributed by atoms with Gasteiger partial charge in [0.15, 0.2) is 0 Å². The fraction of sp³-hybridized carbons (Fsp3) is 0.526. The highest BCUT2D eigenvalue weighted by molar-refractivity contribution is 5.85. The molecule has 3 N–H and O–H groups in total. The molecule has 0 bridgehead atoms. The normalized spacial score (nSPS) is 29.5. The lowest BCUT2D eigenvalue weighted by Crippen LogP contribution is -2.42. The third kappa shape index (κ3) is 5.25. The first-order chi connectivity index (χ1) is 11.1. The zero-order chi connectivity index (χ0) is 16.2. The first-order valence-corrected chi connectivity index (χ1v) is 8.60. The molecule has 0 radical (unpaired) electrons. The van der Waals surface area contributed by atoms with Gasteiger partial charge in [-0.05, 0) is 50.5 Å². The third-order valence-electron chi connectivity index (χ3n) is 5.07. The predicted molar refractivity (Wildman–Crippen MR) is 99.6 cm³/mol. The molecular formula is C19H27ClN2O2. The minimum Gasteiger partial charge on any atom is -0.465 e. The average molecular weight is 351 g/mol. The van der Waals surface area contributed by atoms with Crippen LogP contribution in [-0.2, 0) is 0 Å². The van der Waals surface area contributed by atoms with E-state index in [1.54, 1.807) is 0 Å². The molecule has 4 nitrogen and oxygen atoms in total. The monoisotopic (exact) mass is 350 g/mol. The largest absolute Gasteiger partial charge is 0.465 e. The number of carboxylic acid groups (broad SMARTS) is 1. The Kier molecular flexibility index (Phi) is 6.69. The molecule has 0 heterocycles. The van der Waals surface area contributed by atoms with Gasteiger partial charge in [-0.1, -0.05) is 42.0 Å². The molecule has 1 aromatic carbocycles. The first-order valence-electron chi connectivity index (χ1n) is 8.60. The Hall–Kier alpha value is -1.52. The molecule has 2 saturated carbocycles. The Morgan fingerprint density at radius 1 is 1.12 bits per heavy atom. The lowest BCUT2D eigenvalue weighted by molar-refractivity contribution is 0.183. The molecule has 0 aromatic heterocycles.